The van der Waals surface area contributed by atoms with Crippen molar-refractivity contribution in [1.82, 2.24) is 0 Å². The monoisotopic (exact) mass is 286 g/mol. The number of thiophene rings is 1. The van der Waals surface area contributed by atoms with Crippen molar-refractivity contribution in [3.63, 3.8) is 0 Å². The summed E-state index contributed by atoms with van der Waals surface area (Å²) in [5.74, 6) is 0.782. The third kappa shape index (κ3) is 3.12. The van der Waals surface area contributed by atoms with E-state index >= 15 is 0 Å². The van der Waals surface area contributed by atoms with Gasteiger partial charge >= 0.3 is 0 Å². The topological polar surface area (TPSA) is 17.1 Å². The molecule has 1 fully saturated rings. The second-order valence-corrected chi connectivity index (χ2v) is 6.85. The van der Waals surface area contributed by atoms with Crippen molar-refractivity contribution in [3.8, 4) is 0 Å². The van der Waals surface area contributed by atoms with Crippen LogP contribution >= 0.6 is 11.3 Å². The van der Waals surface area contributed by atoms with E-state index in [0.29, 0.717) is 18.1 Å². The highest BCUT2D eigenvalue weighted by Crippen LogP contribution is 2.29. The minimum Gasteiger partial charge on any atom is -0.299 e. The standard InChI is InChI=1S/C18H22OS/c19-17(14-8-4-2-1-3-5-9-14)12-15-13-20-18-11-7-6-10-16(15)18/h6-7,10-11,13-14H,1-5,8-9,12H2. The first-order valence-corrected chi connectivity index (χ1v) is 8.70. The second-order valence-electron chi connectivity index (χ2n) is 5.94. The summed E-state index contributed by atoms with van der Waals surface area (Å²) in [5.41, 5.74) is 1.23. The van der Waals surface area contributed by atoms with Crippen molar-refractivity contribution >= 4 is 27.2 Å². The van der Waals surface area contributed by atoms with Crippen molar-refractivity contribution in [2.45, 2.75) is 51.4 Å². The summed E-state index contributed by atoms with van der Waals surface area (Å²) in [6.45, 7) is 0. The third-order valence-corrected chi connectivity index (χ3v) is 5.50. The van der Waals surface area contributed by atoms with Gasteiger partial charge < -0.3 is 0 Å². The molecule has 0 N–H and O–H groups in total. The Morgan fingerprint density at radius 2 is 1.75 bits per heavy atom. The van der Waals surface area contributed by atoms with Crippen molar-refractivity contribution in [1.29, 1.82) is 0 Å². The molecule has 0 bridgehead atoms. The summed E-state index contributed by atoms with van der Waals surface area (Å²) < 4.78 is 1.30. The molecule has 0 unspecified atom stereocenters. The molecule has 0 amide bonds. The van der Waals surface area contributed by atoms with Gasteiger partial charge in [0.25, 0.3) is 0 Å². The number of ketones is 1. The summed E-state index contributed by atoms with van der Waals surface area (Å²) in [6.07, 6.45) is 9.31. The molecule has 20 heavy (non-hydrogen) atoms. The molecule has 0 saturated heterocycles. The van der Waals surface area contributed by atoms with Gasteiger partial charge in [0, 0.05) is 17.0 Å². The Hall–Kier alpha value is -1.15. The highest BCUT2D eigenvalue weighted by Gasteiger charge is 2.20. The molecule has 1 aliphatic carbocycles. The van der Waals surface area contributed by atoms with E-state index in [2.05, 4.69) is 29.6 Å². The first-order chi connectivity index (χ1) is 9.84. The molecule has 2 heteroatoms. The Bertz CT molecular complexity index is 576. The number of benzene rings is 1. The summed E-state index contributed by atoms with van der Waals surface area (Å²) in [6, 6.07) is 8.43. The van der Waals surface area contributed by atoms with Crippen molar-refractivity contribution in [2.75, 3.05) is 0 Å². The van der Waals surface area contributed by atoms with Gasteiger partial charge in [0.15, 0.2) is 0 Å². The van der Waals surface area contributed by atoms with Crippen LogP contribution in [0, 0.1) is 5.92 Å². The van der Waals surface area contributed by atoms with Crippen LogP contribution in [0.15, 0.2) is 29.6 Å². The van der Waals surface area contributed by atoms with E-state index in [1.807, 2.05) is 0 Å². The van der Waals surface area contributed by atoms with Crippen molar-refractivity contribution < 1.29 is 4.79 Å². The SMILES string of the molecule is O=C(Cc1csc2ccccc12)C1CCCCCCC1. The van der Waals surface area contributed by atoms with Gasteiger partial charge in [0.05, 0.1) is 0 Å². The van der Waals surface area contributed by atoms with Gasteiger partial charge in [0.2, 0.25) is 0 Å². The van der Waals surface area contributed by atoms with Crippen LogP contribution in [0.3, 0.4) is 0 Å². The predicted octanol–water partition coefficient (Wildman–Crippen LogP) is 5.37. The van der Waals surface area contributed by atoms with Gasteiger partial charge in [-0.15, -0.1) is 11.3 Å². The Balaban J connectivity index is 1.71. The zero-order valence-corrected chi connectivity index (χ0v) is 12.8. The van der Waals surface area contributed by atoms with Crippen molar-refractivity contribution in [3.05, 3.63) is 35.2 Å². The van der Waals surface area contributed by atoms with Crippen LogP contribution in [0.5, 0.6) is 0 Å². The summed E-state index contributed by atoms with van der Waals surface area (Å²) in [4.78, 5) is 12.6. The Morgan fingerprint density at radius 3 is 2.55 bits per heavy atom. The smallest absolute Gasteiger partial charge is 0.140 e. The molecule has 1 aromatic carbocycles. The molecule has 0 spiro atoms. The Kier molecular flexibility index (Phi) is 4.51. The van der Waals surface area contributed by atoms with Gasteiger partial charge in [-0.1, -0.05) is 50.3 Å². The molecule has 1 nitrogen and oxygen atoms in total. The zero-order valence-electron chi connectivity index (χ0n) is 11.9. The van der Waals surface area contributed by atoms with Gasteiger partial charge in [-0.3, -0.25) is 4.79 Å². The minimum atomic E-state index is 0.314. The van der Waals surface area contributed by atoms with E-state index in [1.54, 1.807) is 11.3 Å². The lowest BCUT2D eigenvalue weighted by Gasteiger charge is -2.18. The molecule has 2 aromatic rings. The van der Waals surface area contributed by atoms with E-state index in [-0.39, 0.29) is 0 Å². The van der Waals surface area contributed by atoms with Crippen LogP contribution < -0.4 is 0 Å². The molecule has 1 aromatic heterocycles. The molecule has 3 rings (SSSR count). The lowest BCUT2D eigenvalue weighted by molar-refractivity contribution is -0.122. The number of carbonyl (C=O) groups is 1. The fourth-order valence-electron chi connectivity index (χ4n) is 3.28. The lowest BCUT2D eigenvalue weighted by atomic mass is 9.86. The minimum absolute atomic E-state index is 0.314. The average molecular weight is 286 g/mol. The van der Waals surface area contributed by atoms with Gasteiger partial charge in [0.1, 0.15) is 5.78 Å². The first-order valence-electron chi connectivity index (χ1n) is 7.82. The maximum Gasteiger partial charge on any atom is 0.140 e. The van der Waals surface area contributed by atoms with Crippen LogP contribution in [0.4, 0.5) is 0 Å². The highest BCUT2D eigenvalue weighted by molar-refractivity contribution is 7.17. The molecule has 1 heterocycles. The molecular formula is C18H22OS. The maximum atomic E-state index is 12.6. The number of hydrogen-bond acceptors (Lipinski definition) is 2. The first kappa shape index (κ1) is 13.8. The van der Waals surface area contributed by atoms with E-state index in [1.165, 1.54) is 47.8 Å². The predicted molar refractivity (Wildman–Crippen MR) is 86.3 cm³/mol. The van der Waals surface area contributed by atoms with Crippen LogP contribution in [-0.2, 0) is 11.2 Å². The number of hydrogen-bond donors (Lipinski definition) is 0. The van der Waals surface area contributed by atoms with Gasteiger partial charge in [-0.05, 0) is 35.2 Å². The fourth-order valence-corrected chi connectivity index (χ4v) is 4.24. The number of carbonyl (C=O) groups excluding carboxylic acids is 1. The zero-order chi connectivity index (χ0) is 13.8. The van der Waals surface area contributed by atoms with E-state index in [9.17, 15) is 4.79 Å². The third-order valence-electron chi connectivity index (χ3n) is 4.49. The highest BCUT2D eigenvalue weighted by atomic mass is 32.1. The number of rotatable bonds is 3. The van der Waals surface area contributed by atoms with Gasteiger partial charge in [-0.25, -0.2) is 0 Å². The van der Waals surface area contributed by atoms with Crippen LogP contribution in [0.2, 0.25) is 0 Å². The van der Waals surface area contributed by atoms with E-state index in [4.69, 9.17) is 0 Å². The molecule has 0 radical (unpaired) electrons. The normalized spacial score (nSPS) is 17.8. The van der Waals surface area contributed by atoms with E-state index < -0.39 is 0 Å². The maximum absolute atomic E-state index is 12.6. The Morgan fingerprint density at radius 1 is 1.05 bits per heavy atom. The van der Waals surface area contributed by atoms with Crippen LogP contribution in [0.1, 0.15) is 50.5 Å². The largest absolute Gasteiger partial charge is 0.299 e. The Labute approximate surface area is 125 Å². The molecule has 1 saturated carbocycles. The quantitative estimate of drug-likeness (QED) is 0.741. The summed E-state index contributed by atoms with van der Waals surface area (Å²) in [5, 5.41) is 3.45. The number of fused-ring (bicyclic) bond motifs is 1. The van der Waals surface area contributed by atoms with Gasteiger partial charge in [-0.2, -0.15) is 0 Å². The lowest BCUT2D eigenvalue weighted by Crippen LogP contribution is -2.18. The molecular weight excluding hydrogens is 264 g/mol. The summed E-state index contributed by atoms with van der Waals surface area (Å²) in [7, 11) is 0. The molecule has 0 atom stereocenters. The molecule has 1 aliphatic rings. The fraction of sp³-hybridized carbons (Fsp3) is 0.500. The van der Waals surface area contributed by atoms with Crippen LogP contribution in [0.25, 0.3) is 10.1 Å². The molecule has 106 valence electrons. The second kappa shape index (κ2) is 6.53. The van der Waals surface area contributed by atoms with Crippen LogP contribution in [-0.4, -0.2) is 5.78 Å². The summed E-state index contributed by atoms with van der Waals surface area (Å²) >= 11 is 1.76. The molecule has 0 aliphatic heterocycles. The van der Waals surface area contributed by atoms with E-state index in [0.717, 1.165) is 12.8 Å². The van der Waals surface area contributed by atoms with Crippen molar-refractivity contribution in [2.24, 2.45) is 5.92 Å². The number of Topliss-reactive ketones (excluding diaryl/α,β-unsaturated/α-hetero) is 1. The average Bonchev–Trinajstić information content (AvgIpc) is 2.82.